The van der Waals surface area contributed by atoms with Crippen LogP contribution in [0, 0.1) is 23.7 Å². The Bertz CT molecular complexity index is 516. The summed E-state index contributed by atoms with van der Waals surface area (Å²) >= 11 is 0. The van der Waals surface area contributed by atoms with Crippen LogP contribution in [0.4, 0.5) is 0 Å². The van der Waals surface area contributed by atoms with Crippen molar-refractivity contribution in [1.29, 1.82) is 0 Å². The lowest BCUT2D eigenvalue weighted by molar-refractivity contribution is -0.154. The number of piperazine rings is 1. The van der Waals surface area contributed by atoms with Crippen LogP contribution < -0.4 is 5.32 Å². The van der Waals surface area contributed by atoms with Crippen molar-refractivity contribution in [2.75, 3.05) is 13.1 Å². The number of carbonyl (C=O) groups is 3. The number of carboxylic acid groups (broad SMARTS) is 1. The molecule has 2 N–H and O–H groups in total. The van der Waals surface area contributed by atoms with Crippen molar-refractivity contribution in [3.8, 4) is 0 Å². The molecular formula is C15H20N2O4. The lowest BCUT2D eigenvalue weighted by Gasteiger charge is -2.38. The lowest BCUT2D eigenvalue weighted by atomic mass is 9.81. The van der Waals surface area contributed by atoms with Crippen molar-refractivity contribution in [1.82, 2.24) is 10.2 Å². The second-order valence-corrected chi connectivity index (χ2v) is 6.08. The number of allylic oxidation sites excluding steroid dienone is 2. The minimum atomic E-state index is -0.903. The molecule has 0 aromatic heterocycles. The van der Waals surface area contributed by atoms with Crippen LogP contribution in [0.3, 0.4) is 0 Å². The summed E-state index contributed by atoms with van der Waals surface area (Å²) in [5, 5.41) is 12.2. The van der Waals surface area contributed by atoms with Crippen LogP contribution in [0.15, 0.2) is 12.2 Å². The van der Waals surface area contributed by atoms with E-state index in [1.807, 2.05) is 19.1 Å². The largest absolute Gasteiger partial charge is 0.481 e. The third-order valence-electron chi connectivity index (χ3n) is 5.03. The highest BCUT2D eigenvalue weighted by atomic mass is 16.4. The molecule has 0 radical (unpaired) electrons. The van der Waals surface area contributed by atoms with Crippen molar-refractivity contribution in [2.24, 2.45) is 23.7 Å². The topological polar surface area (TPSA) is 86.7 Å². The number of amides is 2. The predicted octanol–water partition coefficient (Wildman–Crippen LogP) is 0.246. The number of carboxylic acids is 1. The van der Waals surface area contributed by atoms with Crippen molar-refractivity contribution in [3.63, 3.8) is 0 Å². The third-order valence-corrected chi connectivity index (χ3v) is 5.03. The minimum Gasteiger partial charge on any atom is -0.481 e. The standard InChI is InChI=1S/C15H20N2O4/c1-2-10-13(18)16-5-6-17(10)14(19)11-8-3-4-9(7-8)12(11)15(20)21/h3-4,8-12H,2,5-7H2,1H3,(H,16,18)(H,20,21). The van der Waals surface area contributed by atoms with Gasteiger partial charge in [0.15, 0.2) is 0 Å². The summed E-state index contributed by atoms with van der Waals surface area (Å²) in [4.78, 5) is 37.9. The second kappa shape index (κ2) is 5.16. The van der Waals surface area contributed by atoms with Crippen LogP contribution in [0.25, 0.3) is 0 Å². The summed E-state index contributed by atoms with van der Waals surface area (Å²) in [7, 11) is 0. The molecule has 2 fully saturated rings. The molecule has 1 saturated carbocycles. The van der Waals surface area contributed by atoms with Gasteiger partial charge in [0, 0.05) is 13.1 Å². The van der Waals surface area contributed by atoms with E-state index in [2.05, 4.69) is 5.32 Å². The van der Waals surface area contributed by atoms with Crippen molar-refractivity contribution >= 4 is 17.8 Å². The average Bonchev–Trinajstić information content (AvgIpc) is 3.06. The molecule has 2 amide bonds. The van der Waals surface area contributed by atoms with Gasteiger partial charge in [0.05, 0.1) is 11.8 Å². The number of aliphatic carboxylic acids is 1. The molecule has 5 unspecified atom stereocenters. The van der Waals surface area contributed by atoms with E-state index in [9.17, 15) is 19.5 Å². The van der Waals surface area contributed by atoms with Gasteiger partial charge in [0.1, 0.15) is 6.04 Å². The molecule has 1 heterocycles. The van der Waals surface area contributed by atoms with E-state index < -0.39 is 23.8 Å². The van der Waals surface area contributed by atoms with Gasteiger partial charge in [0.2, 0.25) is 11.8 Å². The number of fused-ring (bicyclic) bond motifs is 2. The highest BCUT2D eigenvalue weighted by molar-refractivity contribution is 5.92. The van der Waals surface area contributed by atoms with Crippen molar-refractivity contribution in [2.45, 2.75) is 25.8 Å². The molecule has 0 aromatic rings. The zero-order valence-corrected chi connectivity index (χ0v) is 12.0. The van der Waals surface area contributed by atoms with Gasteiger partial charge in [-0.25, -0.2) is 0 Å². The van der Waals surface area contributed by atoms with Crippen molar-refractivity contribution < 1.29 is 19.5 Å². The molecular weight excluding hydrogens is 272 g/mol. The van der Waals surface area contributed by atoms with E-state index in [1.54, 1.807) is 4.90 Å². The third kappa shape index (κ3) is 2.13. The summed E-state index contributed by atoms with van der Waals surface area (Å²) in [6.07, 6.45) is 5.18. The monoisotopic (exact) mass is 292 g/mol. The van der Waals surface area contributed by atoms with E-state index >= 15 is 0 Å². The molecule has 21 heavy (non-hydrogen) atoms. The van der Waals surface area contributed by atoms with E-state index in [-0.39, 0.29) is 23.7 Å². The zero-order valence-electron chi connectivity index (χ0n) is 12.0. The number of rotatable bonds is 3. The Morgan fingerprint density at radius 1 is 1.33 bits per heavy atom. The fourth-order valence-electron chi connectivity index (χ4n) is 4.07. The molecule has 5 atom stereocenters. The lowest BCUT2D eigenvalue weighted by Crippen LogP contribution is -2.59. The van der Waals surface area contributed by atoms with Gasteiger partial charge in [0.25, 0.3) is 0 Å². The van der Waals surface area contributed by atoms with E-state index in [0.29, 0.717) is 19.5 Å². The minimum absolute atomic E-state index is 0.00564. The number of hydrogen-bond donors (Lipinski definition) is 2. The maximum absolute atomic E-state index is 12.9. The Balaban J connectivity index is 1.85. The fraction of sp³-hybridized carbons (Fsp3) is 0.667. The van der Waals surface area contributed by atoms with Gasteiger partial charge in [-0.1, -0.05) is 19.1 Å². The fourth-order valence-corrected chi connectivity index (χ4v) is 4.07. The number of hydrogen-bond acceptors (Lipinski definition) is 3. The maximum atomic E-state index is 12.9. The van der Waals surface area contributed by atoms with Crippen LogP contribution in [0.1, 0.15) is 19.8 Å². The SMILES string of the molecule is CCC1C(=O)NCCN1C(=O)C1C2C=CC(C2)C1C(=O)O. The summed E-state index contributed by atoms with van der Waals surface area (Å²) in [5.41, 5.74) is 0. The highest BCUT2D eigenvalue weighted by Gasteiger charge is 2.53. The summed E-state index contributed by atoms with van der Waals surface area (Å²) in [5.74, 6) is -2.40. The Kier molecular flexibility index (Phi) is 3.47. The van der Waals surface area contributed by atoms with Crippen LogP contribution in [-0.4, -0.2) is 46.9 Å². The molecule has 2 aliphatic carbocycles. The van der Waals surface area contributed by atoms with Gasteiger partial charge in [-0.15, -0.1) is 0 Å². The number of carbonyl (C=O) groups excluding carboxylic acids is 2. The van der Waals surface area contributed by atoms with Crippen molar-refractivity contribution in [3.05, 3.63) is 12.2 Å². The zero-order chi connectivity index (χ0) is 15.1. The Morgan fingerprint density at radius 3 is 2.62 bits per heavy atom. The van der Waals surface area contributed by atoms with Crippen LogP contribution in [0.5, 0.6) is 0 Å². The molecule has 3 rings (SSSR count). The van der Waals surface area contributed by atoms with Crippen LogP contribution in [-0.2, 0) is 14.4 Å². The maximum Gasteiger partial charge on any atom is 0.307 e. The smallest absolute Gasteiger partial charge is 0.307 e. The first kappa shape index (κ1) is 14.1. The second-order valence-electron chi connectivity index (χ2n) is 6.08. The molecule has 2 bridgehead atoms. The highest BCUT2D eigenvalue weighted by Crippen LogP contribution is 2.49. The Morgan fingerprint density at radius 2 is 2.00 bits per heavy atom. The molecule has 114 valence electrons. The van der Waals surface area contributed by atoms with E-state index in [4.69, 9.17) is 0 Å². The van der Waals surface area contributed by atoms with Gasteiger partial charge in [-0.2, -0.15) is 0 Å². The first-order chi connectivity index (χ1) is 10.0. The Labute approximate surface area is 123 Å². The van der Waals surface area contributed by atoms with Gasteiger partial charge in [-0.3, -0.25) is 14.4 Å². The Hall–Kier alpha value is -1.85. The van der Waals surface area contributed by atoms with Crippen LogP contribution in [0.2, 0.25) is 0 Å². The van der Waals surface area contributed by atoms with E-state index in [0.717, 1.165) is 6.42 Å². The molecule has 6 nitrogen and oxygen atoms in total. The summed E-state index contributed by atoms with van der Waals surface area (Å²) in [6, 6.07) is -0.469. The van der Waals surface area contributed by atoms with Crippen LogP contribution >= 0.6 is 0 Å². The van der Waals surface area contributed by atoms with Gasteiger partial charge < -0.3 is 15.3 Å². The molecule has 6 heteroatoms. The molecule has 0 spiro atoms. The molecule has 1 saturated heterocycles. The first-order valence-corrected chi connectivity index (χ1v) is 7.54. The van der Waals surface area contributed by atoms with Gasteiger partial charge >= 0.3 is 5.97 Å². The normalized spacial score (nSPS) is 37.7. The first-order valence-electron chi connectivity index (χ1n) is 7.54. The predicted molar refractivity (Wildman–Crippen MR) is 74.2 cm³/mol. The van der Waals surface area contributed by atoms with E-state index in [1.165, 1.54) is 0 Å². The summed E-state index contributed by atoms with van der Waals surface area (Å²) in [6.45, 7) is 2.77. The molecule has 0 aromatic carbocycles. The quantitative estimate of drug-likeness (QED) is 0.730. The number of nitrogens with zero attached hydrogens (tertiary/aromatic N) is 1. The number of nitrogens with one attached hydrogen (secondary N) is 1. The molecule has 1 aliphatic heterocycles. The van der Waals surface area contributed by atoms with Gasteiger partial charge in [-0.05, 0) is 24.7 Å². The summed E-state index contributed by atoms with van der Waals surface area (Å²) < 4.78 is 0. The molecule has 3 aliphatic rings. The average molecular weight is 292 g/mol.